The van der Waals surface area contributed by atoms with E-state index in [1.165, 1.54) is 11.8 Å². The van der Waals surface area contributed by atoms with Crippen LogP contribution in [0.25, 0.3) is 0 Å². The Balaban J connectivity index is 1.54. The Bertz CT molecular complexity index is 878. The zero-order valence-corrected chi connectivity index (χ0v) is 14.8. The SMILES string of the molecule is Cc1cc(C)cc(OCc2nnc(SCc3ccc(C#N)cc3)o2)c1. The van der Waals surface area contributed by atoms with Gasteiger partial charge in [-0.3, -0.25) is 0 Å². The lowest BCUT2D eigenvalue weighted by atomic mass is 10.1. The molecular formula is C19H17N3O2S. The van der Waals surface area contributed by atoms with Crippen LogP contribution in [0.4, 0.5) is 0 Å². The molecule has 126 valence electrons. The number of aryl methyl sites for hydroxylation is 2. The molecule has 1 aromatic heterocycles. The molecule has 3 rings (SSSR count). The van der Waals surface area contributed by atoms with Gasteiger partial charge < -0.3 is 9.15 Å². The highest BCUT2D eigenvalue weighted by molar-refractivity contribution is 7.98. The monoisotopic (exact) mass is 351 g/mol. The second kappa shape index (κ2) is 7.86. The van der Waals surface area contributed by atoms with Gasteiger partial charge in [0.05, 0.1) is 11.6 Å². The maximum Gasteiger partial charge on any atom is 0.277 e. The number of ether oxygens (including phenoxy) is 1. The van der Waals surface area contributed by atoms with Gasteiger partial charge >= 0.3 is 0 Å². The second-order valence-electron chi connectivity index (χ2n) is 5.67. The Morgan fingerprint density at radius 3 is 2.48 bits per heavy atom. The molecule has 0 aliphatic heterocycles. The second-order valence-corrected chi connectivity index (χ2v) is 6.60. The van der Waals surface area contributed by atoms with Gasteiger partial charge in [-0.15, -0.1) is 10.2 Å². The molecule has 0 radical (unpaired) electrons. The highest BCUT2D eigenvalue weighted by Gasteiger charge is 2.08. The summed E-state index contributed by atoms with van der Waals surface area (Å²) in [5, 5.41) is 17.3. The molecule has 2 aromatic carbocycles. The molecule has 0 saturated heterocycles. The van der Waals surface area contributed by atoms with E-state index in [4.69, 9.17) is 14.4 Å². The molecule has 3 aromatic rings. The van der Waals surface area contributed by atoms with Crippen molar-refractivity contribution in [3.05, 3.63) is 70.6 Å². The van der Waals surface area contributed by atoms with Gasteiger partial charge in [0.1, 0.15) is 5.75 Å². The van der Waals surface area contributed by atoms with Crippen LogP contribution >= 0.6 is 11.8 Å². The highest BCUT2D eigenvalue weighted by Crippen LogP contribution is 2.22. The summed E-state index contributed by atoms with van der Waals surface area (Å²) in [4.78, 5) is 0. The van der Waals surface area contributed by atoms with E-state index >= 15 is 0 Å². The molecule has 0 N–H and O–H groups in total. The molecule has 1 heterocycles. The third kappa shape index (κ3) is 4.85. The van der Waals surface area contributed by atoms with E-state index in [1.54, 1.807) is 12.1 Å². The van der Waals surface area contributed by atoms with Crippen LogP contribution in [0.1, 0.15) is 28.1 Å². The van der Waals surface area contributed by atoms with Gasteiger partial charge in [-0.05, 0) is 54.8 Å². The largest absolute Gasteiger partial charge is 0.484 e. The Morgan fingerprint density at radius 1 is 1.08 bits per heavy atom. The molecule has 0 amide bonds. The van der Waals surface area contributed by atoms with Gasteiger partial charge in [0.15, 0.2) is 6.61 Å². The molecule has 0 bridgehead atoms. The van der Waals surface area contributed by atoms with Crippen molar-refractivity contribution >= 4 is 11.8 Å². The first-order valence-electron chi connectivity index (χ1n) is 7.78. The Kier molecular flexibility index (Phi) is 5.36. The van der Waals surface area contributed by atoms with Crippen molar-refractivity contribution < 1.29 is 9.15 Å². The topological polar surface area (TPSA) is 71.9 Å². The summed E-state index contributed by atoms with van der Waals surface area (Å²) in [5.41, 5.74) is 4.05. The zero-order valence-electron chi connectivity index (χ0n) is 14.0. The molecule has 25 heavy (non-hydrogen) atoms. The van der Waals surface area contributed by atoms with Crippen molar-refractivity contribution in [3.63, 3.8) is 0 Å². The van der Waals surface area contributed by atoms with Crippen LogP contribution in [0.3, 0.4) is 0 Å². The van der Waals surface area contributed by atoms with E-state index in [1.807, 2.05) is 38.1 Å². The number of rotatable bonds is 6. The molecule has 0 fully saturated rings. The van der Waals surface area contributed by atoms with Crippen molar-refractivity contribution in [2.75, 3.05) is 0 Å². The van der Waals surface area contributed by atoms with Crippen LogP contribution in [0.15, 0.2) is 52.1 Å². The predicted molar refractivity (Wildman–Crippen MR) is 95.3 cm³/mol. The summed E-state index contributed by atoms with van der Waals surface area (Å²) < 4.78 is 11.3. The average molecular weight is 351 g/mol. The maximum atomic E-state index is 8.80. The molecule has 0 saturated carbocycles. The Labute approximate surface area is 150 Å². The lowest BCUT2D eigenvalue weighted by Crippen LogP contribution is -1.96. The van der Waals surface area contributed by atoms with Crippen molar-refractivity contribution in [2.45, 2.75) is 31.4 Å². The molecule has 6 heteroatoms. The lowest BCUT2D eigenvalue weighted by Gasteiger charge is -2.05. The van der Waals surface area contributed by atoms with E-state index in [2.05, 4.69) is 22.3 Å². The lowest BCUT2D eigenvalue weighted by molar-refractivity contribution is 0.252. The minimum atomic E-state index is 0.243. The zero-order chi connectivity index (χ0) is 17.6. The van der Waals surface area contributed by atoms with Crippen molar-refractivity contribution in [1.82, 2.24) is 10.2 Å². The Morgan fingerprint density at radius 2 is 1.80 bits per heavy atom. The first-order chi connectivity index (χ1) is 12.1. The minimum Gasteiger partial charge on any atom is -0.484 e. The highest BCUT2D eigenvalue weighted by atomic mass is 32.2. The van der Waals surface area contributed by atoms with E-state index in [-0.39, 0.29) is 6.61 Å². The number of hydrogen-bond donors (Lipinski definition) is 0. The van der Waals surface area contributed by atoms with Crippen molar-refractivity contribution in [1.29, 1.82) is 5.26 Å². The number of thioether (sulfide) groups is 1. The number of aromatic nitrogens is 2. The summed E-state index contributed by atoms with van der Waals surface area (Å²) in [6, 6.07) is 15.6. The van der Waals surface area contributed by atoms with Crippen LogP contribution in [-0.2, 0) is 12.4 Å². The molecule has 0 aliphatic carbocycles. The molecule has 0 atom stereocenters. The van der Waals surface area contributed by atoms with Gasteiger partial charge in [-0.1, -0.05) is 30.0 Å². The summed E-state index contributed by atoms with van der Waals surface area (Å²) in [6.45, 7) is 4.31. The van der Waals surface area contributed by atoms with Crippen LogP contribution < -0.4 is 4.74 Å². The first-order valence-corrected chi connectivity index (χ1v) is 8.76. The number of hydrogen-bond acceptors (Lipinski definition) is 6. The van der Waals surface area contributed by atoms with E-state index in [0.717, 1.165) is 22.4 Å². The third-order valence-electron chi connectivity index (χ3n) is 3.45. The number of nitriles is 1. The van der Waals surface area contributed by atoms with Gasteiger partial charge in [0, 0.05) is 5.75 Å². The van der Waals surface area contributed by atoms with E-state index in [0.29, 0.717) is 22.4 Å². The Hall–Kier alpha value is -2.78. The van der Waals surface area contributed by atoms with Crippen molar-refractivity contribution in [3.8, 4) is 11.8 Å². The van der Waals surface area contributed by atoms with E-state index in [9.17, 15) is 0 Å². The normalized spacial score (nSPS) is 10.4. The van der Waals surface area contributed by atoms with Gasteiger partial charge in [-0.25, -0.2) is 0 Å². The fraction of sp³-hybridized carbons (Fsp3) is 0.211. The van der Waals surface area contributed by atoms with Crippen molar-refractivity contribution in [2.24, 2.45) is 0 Å². The third-order valence-corrected chi connectivity index (χ3v) is 4.34. The van der Waals surface area contributed by atoms with Gasteiger partial charge in [0.2, 0.25) is 0 Å². The standard InChI is InChI=1S/C19H17N3O2S/c1-13-7-14(2)9-17(8-13)23-11-18-21-22-19(24-18)25-12-16-5-3-15(10-20)4-6-16/h3-9H,11-12H2,1-2H3. The van der Waals surface area contributed by atoms with Crippen LogP contribution in [0.5, 0.6) is 5.75 Å². The maximum absolute atomic E-state index is 8.80. The predicted octanol–water partition coefficient (Wildman–Crippen LogP) is 4.43. The summed E-state index contributed by atoms with van der Waals surface area (Å²) in [7, 11) is 0. The van der Waals surface area contributed by atoms with Crippen LogP contribution in [-0.4, -0.2) is 10.2 Å². The van der Waals surface area contributed by atoms with Gasteiger partial charge in [0.25, 0.3) is 11.1 Å². The minimum absolute atomic E-state index is 0.243. The quantitative estimate of drug-likeness (QED) is 0.612. The fourth-order valence-corrected chi connectivity index (χ4v) is 3.07. The molecule has 0 spiro atoms. The molecule has 5 nitrogen and oxygen atoms in total. The molecule has 0 unspecified atom stereocenters. The fourth-order valence-electron chi connectivity index (χ4n) is 2.34. The smallest absolute Gasteiger partial charge is 0.277 e. The summed E-state index contributed by atoms with van der Waals surface area (Å²) in [5.74, 6) is 1.94. The van der Waals surface area contributed by atoms with E-state index < -0.39 is 0 Å². The summed E-state index contributed by atoms with van der Waals surface area (Å²) in [6.07, 6.45) is 0. The molecule has 0 aliphatic rings. The average Bonchev–Trinajstić information content (AvgIpc) is 3.06. The number of benzene rings is 2. The number of nitrogens with zero attached hydrogens (tertiary/aromatic N) is 3. The van der Waals surface area contributed by atoms with Crippen LogP contribution in [0.2, 0.25) is 0 Å². The summed E-state index contributed by atoms with van der Waals surface area (Å²) >= 11 is 1.46. The first kappa shape index (κ1) is 17.1. The van der Waals surface area contributed by atoms with Gasteiger partial charge in [-0.2, -0.15) is 5.26 Å². The molecular weight excluding hydrogens is 334 g/mol. The van der Waals surface area contributed by atoms with Crippen LogP contribution in [0, 0.1) is 25.2 Å².